The van der Waals surface area contributed by atoms with Crippen LogP contribution in [-0.2, 0) is 19.7 Å². The largest absolute Gasteiger partial charge is 0.379 e. The highest BCUT2D eigenvalue weighted by atomic mass is 32.2. The van der Waals surface area contributed by atoms with Crippen molar-refractivity contribution in [2.45, 2.75) is 6.17 Å². The Kier molecular flexibility index (Phi) is 6.65. The minimum Gasteiger partial charge on any atom is -0.379 e. The second-order valence-electron chi connectivity index (χ2n) is 8.83. The number of nitrogen functional groups attached to an aromatic ring is 1. The Morgan fingerprint density at radius 3 is 2.24 bits per heavy atom. The zero-order valence-corrected chi connectivity index (χ0v) is 21.7. The zero-order valence-electron chi connectivity index (χ0n) is 20.1. The van der Waals surface area contributed by atoms with Crippen molar-refractivity contribution in [3.63, 3.8) is 0 Å². The van der Waals surface area contributed by atoms with Crippen molar-refractivity contribution >= 4 is 39.0 Å². The molecule has 2 aromatic heterocycles. The average molecular weight is 542 g/mol. The van der Waals surface area contributed by atoms with E-state index in [0.717, 1.165) is 21.0 Å². The summed E-state index contributed by atoms with van der Waals surface area (Å²) in [5, 5.41) is 0. The normalized spacial score (nSPS) is 21.5. The monoisotopic (exact) mass is 541 g/mol. The average Bonchev–Trinajstić information content (AvgIpc) is 3.38. The summed E-state index contributed by atoms with van der Waals surface area (Å²) in [6.07, 6.45) is 2.45. The van der Waals surface area contributed by atoms with Crippen LogP contribution < -0.4 is 5.73 Å². The van der Waals surface area contributed by atoms with Crippen LogP contribution in [0.15, 0.2) is 53.8 Å². The molecule has 37 heavy (non-hydrogen) atoms. The number of ether oxygens (including phenoxy) is 2. The summed E-state index contributed by atoms with van der Waals surface area (Å²) >= 11 is 1.57. The highest BCUT2D eigenvalue weighted by molar-refractivity contribution is 7.87. The first-order valence-corrected chi connectivity index (χ1v) is 14.3. The summed E-state index contributed by atoms with van der Waals surface area (Å²) in [6, 6.07) is 12.1. The van der Waals surface area contributed by atoms with Gasteiger partial charge >= 0.3 is 10.2 Å². The van der Waals surface area contributed by atoms with Gasteiger partial charge in [-0.25, -0.2) is 19.3 Å². The number of aromatic nitrogens is 2. The smallest absolute Gasteiger partial charge is 0.307 e. The molecule has 0 radical (unpaired) electrons. The number of aliphatic imine (C=N–C) groups is 1. The Morgan fingerprint density at radius 2 is 1.57 bits per heavy atom. The van der Waals surface area contributed by atoms with Gasteiger partial charge in [-0.1, -0.05) is 30.3 Å². The van der Waals surface area contributed by atoms with Gasteiger partial charge in [0.2, 0.25) is 5.95 Å². The highest BCUT2D eigenvalue weighted by Gasteiger charge is 2.46. The van der Waals surface area contributed by atoms with Crippen LogP contribution in [0, 0.1) is 0 Å². The maximum atomic E-state index is 14.3. The molecular formula is C24H27N7O4S2. The first kappa shape index (κ1) is 24.4. The van der Waals surface area contributed by atoms with Gasteiger partial charge in [0.1, 0.15) is 6.17 Å². The number of thiophene rings is 1. The van der Waals surface area contributed by atoms with Crippen LogP contribution in [0.1, 0.15) is 16.6 Å². The molecule has 0 amide bonds. The van der Waals surface area contributed by atoms with E-state index < -0.39 is 16.4 Å². The molecule has 5 heterocycles. The fraction of sp³-hybridized carbons (Fsp3) is 0.375. The van der Waals surface area contributed by atoms with Crippen molar-refractivity contribution in [1.82, 2.24) is 23.5 Å². The lowest BCUT2D eigenvalue weighted by Gasteiger charge is -2.45. The molecule has 2 saturated heterocycles. The lowest BCUT2D eigenvalue weighted by molar-refractivity contribution is -0.00256. The summed E-state index contributed by atoms with van der Waals surface area (Å²) in [5.41, 5.74) is 8.01. The Hall–Kier alpha value is -2.94. The molecule has 2 N–H and O–H groups in total. The minimum absolute atomic E-state index is 0.107. The molecule has 0 spiro atoms. The summed E-state index contributed by atoms with van der Waals surface area (Å²) in [7, 11) is -4.00. The molecule has 1 unspecified atom stereocenters. The molecule has 11 nitrogen and oxygen atoms in total. The second kappa shape index (κ2) is 10.1. The Morgan fingerprint density at radius 1 is 0.919 bits per heavy atom. The van der Waals surface area contributed by atoms with Crippen molar-refractivity contribution in [2.75, 3.05) is 58.3 Å². The lowest BCUT2D eigenvalue weighted by atomic mass is 10.1. The number of fused-ring (bicyclic) bond motifs is 1. The molecule has 0 saturated carbocycles. The Labute approximate surface area is 219 Å². The van der Waals surface area contributed by atoms with E-state index in [2.05, 4.69) is 14.9 Å². The zero-order chi connectivity index (χ0) is 25.4. The molecule has 2 fully saturated rings. The van der Waals surface area contributed by atoms with E-state index >= 15 is 0 Å². The Bertz CT molecular complexity index is 1380. The number of rotatable bonds is 5. The second-order valence-corrected chi connectivity index (χ2v) is 11.7. The summed E-state index contributed by atoms with van der Waals surface area (Å²) in [4.78, 5) is 17.2. The molecule has 1 atom stereocenters. The van der Waals surface area contributed by atoms with Gasteiger partial charge in [0.25, 0.3) is 0 Å². The van der Waals surface area contributed by atoms with Crippen LogP contribution in [-0.4, -0.2) is 90.3 Å². The number of hydrogen-bond donors (Lipinski definition) is 1. The van der Waals surface area contributed by atoms with Crippen LogP contribution in [0.3, 0.4) is 0 Å². The minimum atomic E-state index is -4.00. The third-order valence-electron chi connectivity index (χ3n) is 6.56. The van der Waals surface area contributed by atoms with Crippen molar-refractivity contribution < 1.29 is 17.9 Å². The van der Waals surface area contributed by atoms with Crippen molar-refractivity contribution in [1.29, 1.82) is 0 Å². The van der Waals surface area contributed by atoms with Crippen LogP contribution in [0.4, 0.5) is 11.6 Å². The van der Waals surface area contributed by atoms with Gasteiger partial charge in [0.05, 0.1) is 42.6 Å². The standard InChI is InChI=1S/C24H27N7O4S2/c25-24-26-15-18(16-27-24)22-28-19-14-20(17-4-2-1-3-5-17)36-21(19)23(29-6-10-34-11-7-29)31(22)37(32,33)30-8-12-35-13-9-30/h1-5,14-16,23H,6-13H2,(H2,25,26,27). The van der Waals surface area contributed by atoms with E-state index in [4.69, 9.17) is 20.2 Å². The maximum absolute atomic E-state index is 14.3. The predicted molar refractivity (Wildman–Crippen MR) is 141 cm³/mol. The van der Waals surface area contributed by atoms with Gasteiger partial charge in [-0.15, -0.1) is 11.3 Å². The first-order valence-electron chi connectivity index (χ1n) is 12.1. The van der Waals surface area contributed by atoms with Crippen LogP contribution in [0.5, 0.6) is 0 Å². The highest BCUT2D eigenvalue weighted by Crippen LogP contribution is 2.48. The fourth-order valence-electron chi connectivity index (χ4n) is 4.72. The van der Waals surface area contributed by atoms with Gasteiger partial charge in [-0.3, -0.25) is 4.90 Å². The quantitative estimate of drug-likeness (QED) is 0.520. The molecule has 0 aliphatic carbocycles. The first-order chi connectivity index (χ1) is 18.0. The number of anilines is 1. The van der Waals surface area contributed by atoms with E-state index in [-0.39, 0.29) is 24.9 Å². The molecule has 3 aliphatic rings. The molecule has 3 aromatic rings. The third kappa shape index (κ3) is 4.62. The Balaban J connectivity index is 1.55. The maximum Gasteiger partial charge on any atom is 0.307 e. The van der Waals surface area contributed by atoms with Gasteiger partial charge in [0.15, 0.2) is 5.84 Å². The van der Waals surface area contributed by atoms with Gasteiger partial charge in [-0.05, 0) is 11.6 Å². The number of morpholine rings is 2. The van der Waals surface area contributed by atoms with Crippen molar-refractivity contribution in [2.24, 2.45) is 4.99 Å². The molecule has 0 bridgehead atoms. The van der Waals surface area contributed by atoms with E-state index in [1.54, 1.807) is 11.3 Å². The van der Waals surface area contributed by atoms with E-state index in [9.17, 15) is 8.42 Å². The van der Waals surface area contributed by atoms with E-state index in [1.807, 2.05) is 36.4 Å². The van der Waals surface area contributed by atoms with E-state index in [0.29, 0.717) is 45.1 Å². The van der Waals surface area contributed by atoms with Crippen molar-refractivity contribution in [3.8, 4) is 10.4 Å². The van der Waals surface area contributed by atoms with Gasteiger partial charge in [0, 0.05) is 43.4 Å². The predicted octanol–water partition coefficient (Wildman–Crippen LogP) is 2.09. The fourth-order valence-corrected chi connectivity index (χ4v) is 7.73. The summed E-state index contributed by atoms with van der Waals surface area (Å²) in [5.74, 6) is 0.378. The topological polar surface area (TPSA) is 126 Å². The van der Waals surface area contributed by atoms with Gasteiger partial charge in [-0.2, -0.15) is 12.7 Å². The van der Waals surface area contributed by atoms with Crippen LogP contribution >= 0.6 is 11.3 Å². The molecule has 1 aromatic carbocycles. The molecule has 13 heteroatoms. The molecule has 3 aliphatic heterocycles. The van der Waals surface area contributed by atoms with Crippen LogP contribution in [0.2, 0.25) is 0 Å². The number of nitrogens with two attached hydrogens (primary N) is 1. The molecule has 6 rings (SSSR count). The number of benzene rings is 1. The van der Waals surface area contributed by atoms with E-state index in [1.165, 1.54) is 21.0 Å². The number of hydrogen-bond acceptors (Lipinski definition) is 10. The summed E-state index contributed by atoms with van der Waals surface area (Å²) < 4.78 is 42.6. The SMILES string of the molecule is Nc1ncc(C2=Nc3cc(-c4ccccc4)sc3C(N3CCOCC3)N2S(=O)(=O)N2CCOCC2)cn1. The molecule has 194 valence electrons. The van der Waals surface area contributed by atoms with Gasteiger partial charge < -0.3 is 15.2 Å². The van der Waals surface area contributed by atoms with Crippen LogP contribution in [0.25, 0.3) is 10.4 Å². The number of amidine groups is 1. The lowest BCUT2D eigenvalue weighted by Crippen LogP contribution is -2.57. The summed E-state index contributed by atoms with van der Waals surface area (Å²) in [6.45, 7) is 3.44. The molecular weight excluding hydrogens is 514 g/mol. The third-order valence-corrected chi connectivity index (χ3v) is 9.66. The number of nitrogens with zero attached hydrogens (tertiary/aromatic N) is 6. The van der Waals surface area contributed by atoms with Crippen molar-refractivity contribution in [3.05, 3.63) is 59.2 Å².